The van der Waals surface area contributed by atoms with Crippen LogP contribution in [0.3, 0.4) is 0 Å². The molecule has 3 nitrogen and oxygen atoms in total. The number of rotatable bonds is 2. The van der Waals surface area contributed by atoms with E-state index < -0.39 is 0 Å². The third-order valence-corrected chi connectivity index (χ3v) is 2.52. The minimum atomic E-state index is 0.905. The van der Waals surface area contributed by atoms with Crippen LogP contribution in [0.15, 0.2) is 49.1 Å². The number of benzene rings is 1. The molecule has 0 unspecified atom stereocenters. The molecular formula is C12H11N3. The first-order valence-corrected chi connectivity index (χ1v) is 4.94. The van der Waals surface area contributed by atoms with Crippen molar-refractivity contribution >= 4 is 11.0 Å². The van der Waals surface area contributed by atoms with Crippen LogP contribution in [0, 0.1) is 0 Å². The number of aromatic amines is 1. The predicted octanol–water partition coefficient (Wildman–Crippen LogP) is 2.41. The lowest BCUT2D eigenvalue weighted by Gasteiger charge is -2.02. The van der Waals surface area contributed by atoms with Gasteiger partial charge in [0.15, 0.2) is 0 Å². The maximum Gasteiger partial charge on any atom is 0.0931 e. The Kier molecular flexibility index (Phi) is 1.81. The van der Waals surface area contributed by atoms with E-state index in [0.717, 1.165) is 17.6 Å². The molecule has 3 aromatic rings. The highest BCUT2D eigenvalue weighted by Gasteiger charge is 1.98. The molecule has 1 N–H and O–H groups in total. The van der Waals surface area contributed by atoms with Crippen molar-refractivity contribution in [2.24, 2.45) is 0 Å². The van der Waals surface area contributed by atoms with Gasteiger partial charge in [0.05, 0.1) is 17.4 Å². The number of H-pyrrole nitrogens is 1. The number of nitrogens with zero attached hydrogens (tertiary/aromatic N) is 2. The van der Waals surface area contributed by atoms with Gasteiger partial charge in [0.1, 0.15) is 0 Å². The fourth-order valence-electron chi connectivity index (χ4n) is 1.77. The van der Waals surface area contributed by atoms with Crippen LogP contribution in [0.25, 0.3) is 11.0 Å². The van der Waals surface area contributed by atoms with Crippen molar-refractivity contribution in [1.82, 2.24) is 14.5 Å². The molecule has 3 heteroatoms. The van der Waals surface area contributed by atoms with Gasteiger partial charge in [-0.25, -0.2) is 4.98 Å². The standard InChI is InChI=1S/C12H11N3/c1-2-6-15(5-1)8-10-3-4-11-12(7-10)14-9-13-11/h1-7,9H,8H2,(H,13,14). The minimum absolute atomic E-state index is 0.905. The Balaban J connectivity index is 1.97. The van der Waals surface area contributed by atoms with Gasteiger partial charge in [-0.05, 0) is 29.8 Å². The lowest BCUT2D eigenvalue weighted by Crippen LogP contribution is -1.95. The molecule has 0 saturated carbocycles. The highest BCUT2D eigenvalue weighted by molar-refractivity contribution is 5.74. The maximum atomic E-state index is 4.19. The van der Waals surface area contributed by atoms with Crippen molar-refractivity contribution in [2.75, 3.05) is 0 Å². The SMILES string of the molecule is c1ccn(Cc2ccc3nc[nH]c3c2)c1. The fraction of sp³-hybridized carbons (Fsp3) is 0.0833. The second kappa shape index (κ2) is 3.28. The molecule has 15 heavy (non-hydrogen) atoms. The molecule has 0 radical (unpaired) electrons. The van der Waals surface area contributed by atoms with Crippen molar-refractivity contribution in [3.63, 3.8) is 0 Å². The summed E-state index contributed by atoms with van der Waals surface area (Å²) in [5.41, 5.74) is 3.40. The third kappa shape index (κ3) is 1.52. The van der Waals surface area contributed by atoms with Gasteiger partial charge < -0.3 is 9.55 Å². The molecule has 0 bridgehead atoms. The van der Waals surface area contributed by atoms with Crippen molar-refractivity contribution in [3.8, 4) is 0 Å². The third-order valence-electron chi connectivity index (χ3n) is 2.52. The first-order chi connectivity index (χ1) is 7.42. The van der Waals surface area contributed by atoms with Gasteiger partial charge in [0.25, 0.3) is 0 Å². The van der Waals surface area contributed by atoms with E-state index in [9.17, 15) is 0 Å². The maximum absolute atomic E-state index is 4.19. The van der Waals surface area contributed by atoms with Crippen LogP contribution >= 0.6 is 0 Å². The molecule has 0 spiro atoms. The molecule has 1 aromatic carbocycles. The summed E-state index contributed by atoms with van der Waals surface area (Å²) in [4.78, 5) is 7.31. The molecular weight excluding hydrogens is 186 g/mol. The fourth-order valence-corrected chi connectivity index (χ4v) is 1.77. The summed E-state index contributed by atoms with van der Waals surface area (Å²) in [6.45, 7) is 0.905. The van der Waals surface area contributed by atoms with E-state index in [0.29, 0.717) is 0 Å². The molecule has 0 aliphatic rings. The lowest BCUT2D eigenvalue weighted by molar-refractivity contribution is 0.807. The summed E-state index contributed by atoms with van der Waals surface area (Å²) in [6.07, 6.45) is 5.86. The van der Waals surface area contributed by atoms with Gasteiger partial charge in [-0.1, -0.05) is 6.07 Å². The van der Waals surface area contributed by atoms with Gasteiger partial charge in [-0.15, -0.1) is 0 Å². The Morgan fingerprint density at radius 1 is 1.20 bits per heavy atom. The van der Waals surface area contributed by atoms with E-state index in [1.165, 1.54) is 5.56 Å². The Labute approximate surface area is 87.4 Å². The van der Waals surface area contributed by atoms with Crippen LogP contribution in [0.2, 0.25) is 0 Å². The van der Waals surface area contributed by atoms with Crippen LogP contribution in [0.5, 0.6) is 0 Å². The van der Waals surface area contributed by atoms with Crippen LogP contribution in [0.4, 0.5) is 0 Å². The van der Waals surface area contributed by atoms with E-state index in [2.05, 4.69) is 39.1 Å². The highest BCUT2D eigenvalue weighted by atomic mass is 14.9. The predicted molar refractivity (Wildman–Crippen MR) is 59.6 cm³/mol. The van der Waals surface area contributed by atoms with Crippen LogP contribution in [0.1, 0.15) is 5.56 Å². The molecule has 0 atom stereocenters. The van der Waals surface area contributed by atoms with Crippen molar-refractivity contribution in [2.45, 2.75) is 6.54 Å². The van der Waals surface area contributed by atoms with E-state index in [-0.39, 0.29) is 0 Å². The second-order valence-corrected chi connectivity index (χ2v) is 3.61. The van der Waals surface area contributed by atoms with Crippen molar-refractivity contribution in [1.29, 1.82) is 0 Å². The molecule has 2 heterocycles. The quantitative estimate of drug-likeness (QED) is 0.672. The van der Waals surface area contributed by atoms with Gasteiger partial charge in [0.2, 0.25) is 0 Å². The largest absolute Gasteiger partial charge is 0.350 e. The molecule has 3 rings (SSSR count). The number of aromatic nitrogens is 3. The molecule has 74 valence electrons. The molecule has 0 saturated heterocycles. The van der Waals surface area contributed by atoms with Crippen LogP contribution in [-0.2, 0) is 6.54 Å². The summed E-state index contributed by atoms with van der Waals surface area (Å²) in [5.74, 6) is 0. The van der Waals surface area contributed by atoms with Crippen molar-refractivity contribution in [3.05, 3.63) is 54.6 Å². The average Bonchev–Trinajstić information content (AvgIpc) is 2.87. The monoisotopic (exact) mass is 197 g/mol. The summed E-state index contributed by atoms with van der Waals surface area (Å²) in [6, 6.07) is 10.4. The van der Waals surface area contributed by atoms with E-state index in [4.69, 9.17) is 0 Å². The topological polar surface area (TPSA) is 33.6 Å². The molecule has 0 amide bonds. The van der Waals surface area contributed by atoms with E-state index in [1.807, 2.05) is 18.2 Å². The number of hydrogen-bond acceptors (Lipinski definition) is 1. The molecule has 0 fully saturated rings. The van der Waals surface area contributed by atoms with Crippen LogP contribution in [-0.4, -0.2) is 14.5 Å². The normalized spacial score (nSPS) is 10.9. The summed E-state index contributed by atoms with van der Waals surface area (Å²) < 4.78 is 2.15. The summed E-state index contributed by atoms with van der Waals surface area (Å²) >= 11 is 0. The number of imidazole rings is 1. The number of hydrogen-bond donors (Lipinski definition) is 1. The van der Waals surface area contributed by atoms with E-state index in [1.54, 1.807) is 6.33 Å². The zero-order chi connectivity index (χ0) is 10.1. The molecule has 0 aliphatic carbocycles. The first-order valence-electron chi connectivity index (χ1n) is 4.94. The zero-order valence-corrected chi connectivity index (χ0v) is 8.22. The van der Waals surface area contributed by atoms with Crippen molar-refractivity contribution < 1.29 is 0 Å². The minimum Gasteiger partial charge on any atom is -0.350 e. The second-order valence-electron chi connectivity index (χ2n) is 3.61. The van der Waals surface area contributed by atoms with Crippen LogP contribution < -0.4 is 0 Å². The van der Waals surface area contributed by atoms with Gasteiger partial charge in [-0.2, -0.15) is 0 Å². The van der Waals surface area contributed by atoms with E-state index >= 15 is 0 Å². The Bertz CT molecular complexity index is 563. The average molecular weight is 197 g/mol. The lowest BCUT2D eigenvalue weighted by atomic mass is 10.2. The number of nitrogens with one attached hydrogen (secondary N) is 1. The molecule has 0 aliphatic heterocycles. The van der Waals surface area contributed by atoms with Gasteiger partial charge in [0, 0.05) is 18.9 Å². The van der Waals surface area contributed by atoms with Gasteiger partial charge in [-0.3, -0.25) is 0 Å². The molecule has 2 aromatic heterocycles. The Hall–Kier alpha value is -2.03. The Morgan fingerprint density at radius 2 is 2.07 bits per heavy atom. The summed E-state index contributed by atoms with van der Waals surface area (Å²) in [7, 11) is 0. The summed E-state index contributed by atoms with van der Waals surface area (Å²) in [5, 5.41) is 0. The highest BCUT2D eigenvalue weighted by Crippen LogP contribution is 2.12. The number of fused-ring (bicyclic) bond motifs is 1. The first kappa shape index (κ1) is 8.29. The smallest absolute Gasteiger partial charge is 0.0931 e. The van der Waals surface area contributed by atoms with Gasteiger partial charge >= 0.3 is 0 Å². The Morgan fingerprint density at radius 3 is 2.93 bits per heavy atom. The zero-order valence-electron chi connectivity index (χ0n) is 8.22.